The second-order valence-corrected chi connectivity index (χ2v) is 4.71. The van der Waals surface area contributed by atoms with Crippen LogP contribution in [0.5, 0.6) is 0 Å². The molecule has 6 nitrogen and oxygen atoms in total. The molecule has 7 heteroatoms. The molecular formula is C13H21IN4O2. The first kappa shape index (κ1) is 16.8. The van der Waals surface area contributed by atoms with E-state index in [2.05, 4.69) is 9.89 Å². The highest BCUT2D eigenvalue weighted by Crippen LogP contribution is 2.11. The molecule has 1 amide bonds. The number of aliphatic imine (C=N–C) groups is 1. The Morgan fingerprint density at radius 2 is 1.85 bits per heavy atom. The van der Waals surface area contributed by atoms with Crippen LogP contribution in [0.25, 0.3) is 0 Å². The maximum absolute atomic E-state index is 10.9. The molecule has 1 aromatic rings. The predicted octanol–water partition coefficient (Wildman–Crippen LogP) is 1.69. The standard InChI is InChI=1S/C13H20N4O2.HI/c14-12(18)11-6-5-10(19-11)9-16-13(15)17-7-3-1-2-4-8-17;/h5-6H,1-4,7-9H2,(H2,14,18)(H2,15,16);1H. The van der Waals surface area contributed by atoms with E-state index in [-0.39, 0.29) is 29.7 Å². The average Bonchev–Trinajstić information content (AvgIpc) is 2.70. The summed E-state index contributed by atoms with van der Waals surface area (Å²) in [4.78, 5) is 17.3. The van der Waals surface area contributed by atoms with Gasteiger partial charge in [-0.1, -0.05) is 12.8 Å². The molecule has 0 radical (unpaired) electrons. The maximum atomic E-state index is 10.9. The van der Waals surface area contributed by atoms with Crippen molar-refractivity contribution in [2.45, 2.75) is 32.2 Å². The molecule has 1 aliphatic heterocycles. The van der Waals surface area contributed by atoms with Crippen LogP contribution in [0.15, 0.2) is 21.5 Å². The molecule has 0 aromatic carbocycles. The Kier molecular flexibility index (Phi) is 6.83. The highest BCUT2D eigenvalue weighted by Gasteiger charge is 2.11. The quantitative estimate of drug-likeness (QED) is 0.465. The van der Waals surface area contributed by atoms with Gasteiger partial charge in [-0.05, 0) is 25.0 Å². The van der Waals surface area contributed by atoms with Gasteiger partial charge in [-0.2, -0.15) is 0 Å². The number of guanidine groups is 1. The van der Waals surface area contributed by atoms with Crippen LogP contribution in [-0.2, 0) is 6.54 Å². The van der Waals surface area contributed by atoms with Crippen molar-refractivity contribution < 1.29 is 9.21 Å². The number of carbonyl (C=O) groups is 1. The Bertz CT molecular complexity index is 465. The van der Waals surface area contributed by atoms with Crippen molar-refractivity contribution in [1.29, 1.82) is 0 Å². The second-order valence-electron chi connectivity index (χ2n) is 4.71. The summed E-state index contributed by atoms with van der Waals surface area (Å²) < 4.78 is 5.25. The SMILES string of the molecule is I.NC(=O)c1ccc(CN=C(N)N2CCCCCC2)o1. The van der Waals surface area contributed by atoms with Crippen LogP contribution in [0.3, 0.4) is 0 Å². The van der Waals surface area contributed by atoms with Gasteiger partial charge >= 0.3 is 0 Å². The number of hydrogen-bond acceptors (Lipinski definition) is 3. The molecule has 0 bridgehead atoms. The minimum Gasteiger partial charge on any atom is -0.454 e. The van der Waals surface area contributed by atoms with Gasteiger partial charge in [0.25, 0.3) is 5.91 Å². The normalized spacial score (nSPS) is 16.4. The lowest BCUT2D eigenvalue weighted by molar-refractivity contribution is 0.0972. The third kappa shape index (κ3) is 4.69. The first-order chi connectivity index (χ1) is 9.16. The van der Waals surface area contributed by atoms with Crippen molar-refractivity contribution in [2.24, 2.45) is 16.5 Å². The van der Waals surface area contributed by atoms with Gasteiger partial charge in [0.05, 0.1) is 0 Å². The smallest absolute Gasteiger partial charge is 0.284 e. The third-order valence-electron chi connectivity index (χ3n) is 3.23. The van der Waals surface area contributed by atoms with E-state index in [0.717, 1.165) is 25.9 Å². The number of hydrogen-bond donors (Lipinski definition) is 2. The molecule has 2 heterocycles. The third-order valence-corrected chi connectivity index (χ3v) is 3.23. The average molecular weight is 392 g/mol. The number of nitrogens with zero attached hydrogens (tertiary/aromatic N) is 2. The summed E-state index contributed by atoms with van der Waals surface area (Å²) >= 11 is 0. The van der Waals surface area contributed by atoms with Crippen molar-refractivity contribution in [3.63, 3.8) is 0 Å². The highest BCUT2D eigenvalue weighted by atomic mass is 127. The number of halogens is 1. The molecule has 0 atom stereocenters. The lowest BCUT2D eigenvalue weighted by Gasteiger charge is -2.20. The molecule has 0 aliphatic carbocycles. The van der Waals surface area contributed by atoms with Crippen LogP contribution < -0.4 is 11.5 Å². The minimum atomic E-state index is -0.573. The topological polar surface area (TPSA) is 97.8 Å². The number of primary amides is 1. The molecule has 4 N–H and O–H groups in total. The Morgan fingerprint density at radius 1 is 1.20 bits per heavy atom. The van der Waals surface area contributed by atoms with Gasteiger partial charge in [0, 0.05) is 13.1 Å². The van der Waals surface area contributed by atoms with Crippen LogP contribution >= 0.6 is 24.0 Å². The number of carbonyl (C=O) groups excluding carboxylic acids is 1. The van der Waals surface area contributed by atoms with Crippen molar-refractivity contribution in [1.82, 2.24) is 4.90 Å². The Balaban J connectivity index is 0.00000200. The summed E-state index contributed by atoms with van der Waals surface area (Å²) in [6.07, 6.45) is 4.82. The van der Waals surface area contributed by atoms with Crippen molar-refractivity contribution in [3.05, 3.63) is 23.7 Å². The summed E-state index contributed by atoms with van der Waals surface area (Å²) in [6.45, 7) is 2.25. The Hall–Kier alpha value is -1.25. The van der Waals surface area contributed by atoms with Gasteiger partial charge in [0.1, 0.15) is 12.3 Å². The van der Waals surface area contributed by atoms with E-state index in [9.17, 15) is 4.79 Å². The molecule has 112 valence electrons. The van der Waals surface area contributed by atoms with Gasteiger partial charge in [-0.15, -0.1) is 24.0 Å². The first-order valence-electron chi connectivity index (χ1n) is 6.60. The van der Waals surface area contributed by atoms with Gasteiger partial charge in [-0.3, -0.25) is 4.79 Å². The molecular weight excluding hydrogens is 371 g/mol. The van der Waals surface area contributed by atoms with E-state index in [4.69, 9.17) is 15.9 Å². The summed E-state index contributed by atoms with van der Waals surface area (Å²) in [5, 5.41) is 0. The van der Waals surface area contributed by atoms with E-state index in [1.807, 2.05) is 0 Å². The molecule has 0 spiro atoms. The van der Waals surface area contributed by atoms with Crippen LogP contribution in [0.1, 0.15) is 42.0 Å². The fourth-order valence-corrected chi connectivity index (χ4v) is 2.15. The molecule has 0 unspecified atom stereocenters. The maximum Gasteiger partial charge on any atom is 0.284 e. The summed E-state index contributed by atoms with van der Waals surface area (Å²) in [5.41, 5.74) is 11.1. The second kappa shape index (κ2) is 8.13. The van der Waals surface area contributed by atoms with E-state index in [1.54, 1.807) is 12.1 Å². The van der Waals surface area contributed by atoms with Crippen molar-refractivity contribution in [3.8, 4) is 0 Å². The minimum absolute atomic E-state index is 0. The molecule has 1 aromatic heterocycles. The molecule has 1 fully saturated rings. The van der Waals surface area contributed by atoms with Crippen molar-refractivity contribution >= 4 is 35.8 Å². The first-order valence-corrected chi connectivity index (χ1v) is 6.60. The molecule has 0 saturated carbocycles. The van der Waals surface area contributed by atoms with Gasteiger partial charge in [0.15, 0.2) is 11.7 Å². The van der Waals surface area contributed by atoms with Crippen molar-refractivity contribution in [2.75, 3.05) is 13.1 Å². The monoisotopic (exact) mass is 392 g/mol. The molecule has 1 aliphatic rings. The largest absolute Gasteiger partial charge is 0.454 e. The summed E-state index contributed by atoms with van der Waals surface area (Å²) in [7, 11) is 0. The summed E-state index contributed by atoms with van der Waals surface area (Å²) in [5.74, 6) is 0.708. The van der Waals surface area contributed by atoms with E-state index >= 15 is 0 Å². The van der Waals surface area contributed by atoms with Crippen LogP contribution in [0, 0.1) is 0 Å². The zero-order chi connectivity index (χ0) is 13.7. The number of likely N-dealkylation sites (tertiary alicyclic amines) is 1. The van der Waals surface area contributed by atoms with Gasteiger partial charge in [0.2, 0.25) is 0 Å². The van der Waals surface area contributed by atoms with E-state index < -0.39 is 5.91 Å². The molecule has 1 saturated heterocycles. The van der Waals surface area contributed by atoms with Crippen LogP contribution in [0.4, 0.5) is 0 Å². The lowest BCUT2D eigenvalue weighted by Crippen LogP contribution is -2.38. The lowest BCUT2D eigenvalue weighted by atomic mass is 10.2. The van der Waals surface area contributed by atoms with Gasteiger partial charge < -0.3 is 20.8 Å². The van der Waals surface area contributed by atoms with Crippen LogP contribution in [0.2, 0.25) is 0 Å². The van der Waals surface area contributed by atoms with E-state index in [0.29, 0.717) is 18.3 Å². The van der Waals surface area contributed by atoms with E-state index in [1.165, 1.54) is 12.8 Å². The zero-order valence-electron chi connectivity index (χ0n) is 11.4. The number of furan rings is 1. The number of amides is 1. The predicted molar refractivity (Wildman–Crippen MR) is 88.0 cm³/mol. The fraction of sp³-hybridized carbons (Fsp3) is 0.538. The molecule has 20 heavy (non-hydrogen) atoms. The fourth-order valence-electron chi connectivity index (χ4n) is 2.15. The summed E-state index contributed by atoms with van der Waals surface area (Å²) in [6, 6.07) is 3.24. The zero-order valence-corrected chi connectivity index (χ0v) is 13.7. The Labute approximate surface area is 135 Å². The number of nitrogens with two attached hydrogens (primary N) is 2. The van der Waals surface area contributed by atoms with Gasteiger partial charge in [-0.25, -0.2) is 4.99 Å². The highest BCUT2D eigenvalue weighted by molar-refractivity contribution is 14.0. The Morgan fingerprint density at radius 3 is 2.40 bits per heavy atom. The van der Waals surface area contributed by atoms with Crippen LogP contribution in [-0.4, -0.2) is 29.9 Å². The molecule has 2 rings (SSSR count). The number of rotatable bonds is 3.